The molecule has 31 heavy (non-hydrogen) atoms. The van der Waals surface area contributed by atoms with Gasteiger partial charge >= 0.3 is 0 Å². The lowest BCUT2D eigenvalue weighted by Gasteiger charge is -2.46. The predicted molar refractivity (Wildman–Crippen MR) is 121 cm³/mol. The van der Waals surface area contributed by atoms with Crippen LogP contribution in [0.1, 0.15) is 46.7 Å². The standard InChI is InChI=1S/C25H28ClN3O2/c1-2-25(31)29-14-19(15-29)28-10-8-20-18(13-28)7-9-27-23(20)6-5-17-11-21(16-3-4-16)22(26)12-24(17)30/h2,7,9,11-12,16,19,30H,1,3-6,8,10,13-15H2. The van der Waals surface area contributed by atoms with Crippen molar-refractivity contribution in [1.29, 1.82) is 0 Å². The molecule has 3 aliphatic rings. The third-order valence-electron chi connectivity index (χ3n) is 6.98. The number of pyridine rings is 1. The van der Waals surface area contributed by atoms with Crippen LogP contribution in [0, 0.1) is 0 Å². The summed E-state index contributed by atoms with van der Waals surface area (Å²) in [4.78, 5) is 20.7. The maximum atomic E-state index is 11.7. The number of carbonyl (C=O) groups is 1. The summed E-state index contributed by atoms with van der Waals surface area (Å²) in [7, 11) is 0. The van der Waals surface area contributed by atoms with E-state index in [1.807, 2.05) is 11.1 Å². The summed E-state index contributed by atoms with van der Waals surface area (Å²) >= 11 is 6.34. The Morgan fingerprint density at radius 3 is 2.84 bits per heavy atom. The van der Waals surface area contributed by atoms with Crippen LogP contribution in [0.2, 0.25) is 5.02 Å². The molecule has 1 N–H and O–H groups in total. The number of phenols is 1. The monoisotopic (exact) mass is 437 g/mol. The van der Waals surface area contributed by atoms with E-state index in [1.165, 1.54) is 35.6 Å². The van der Waals surface area contributed by atoms with Gasteiger partial charge in [0.1, 0.15) is 5.75 Å². The number of halogens is 1. The lowest BCUT2D eigenvalue weighted by atomic mass is 9.93. The van der Waals surface area contributed by atoms with Gasteiger partial charge in [-0.2, -0.15) is 0 Å². The first kappa shape index (κ1) is 20.5. The number of phenolic OH excluding ortho intramolecular Hbond substituents is 1. The Bertz CT molecular complexity index is 1030. The van der Waals surface area contributed by atoms with Gasteiger partial charge in [0.2, 0.25) is 5.91 Å². The average Bonchev–Trinajstić information content (AvgIpc) is 3.57. The molecule has 1 aromatic carbocycles. The van der Waals surface area contributed by atoms with Crippen molar-refractivity contribution in [3.8, 4) is 5.75 Å². The van der Waals surface area contributed by atoms with Crippen molar-refractivity contribution in [3.63, 3.8) is 0 Å². The summed E-state index contributed by atoms with van der Waals surface area (Å²) in [6.45, 7) is 7.05. The fourth-order valence-electron chi connectivity index (χ4n) is 4.90. The van der Waals surface area contributed by atoms with Crippen LogP contribution in [-0.2, 0) is 30.6 Å². The number of fused-ring (bicyclic) bond motifs is 1. The molecule has 2 aliphatic heterocycles. The van der Waals surface area contributed by atoms with Crippen molar-refractivity contribution < 1.29 is 9.90 Å². The van der Waals surface area contributed by atoms with E-state index in [-0.39, 0.29) is 11.7 Å². The molecule has 0 atom stereocenters. The van der Waals surface area contributed by atoms with Crippen LogP contribution in [0.5, 0.6) is 5.75 Å². The van der Waals surface area contributed by atoms with Gasteiger partial charge in [-0.1, -0.05) is 24.2 Å². The predicted octanol–water partition coefficient (Wildman–Crippen LogP) is 3.86. The molecule has 1 aromatic heterocycles. The van der Waals surface area contributed by atoms with E-state index >= 15 is 0 Å². The van der Waals surface area contributed by atoms with Crippen LogP contribution < -0.4 is 0 Å². The average molecular weight is 438 g/mol. The summed E-state index contributed by atoms with van der Waals surface area (Å²) in [6.07, 6.45) is 8.23. The van der Waals surface area contributed by atoms with Gasteiger partial charge in [0.15, 0.2) is 0 Å². The molecular weight excluding hydrogens is 410 g/mol. The molecule has 5 nitrogen and oxygen atoms in total. The third kappa shape index (κ3) is 4.09. The molecule has 1 aliphatic carbocycles. The number of hydrogen-bond donors (Lipinski definition) is 1. The molecule has 1 amide bonds. The minimum atomic E-state index is 0.0236. The number of rotatable bonds is 6. The van der Waals surface area contributed by atoms with Crippen LogP contribution >= 0.6 is 11.6 Å². The molecule has 6 heteroatoms. The molecule has 1 saturated carbocycles. The van der Waals surface area contributed by atoms with Gasteiger partial charge in [-0.15, -0.1) is 0 Å². The molecule has 2 fully saturated rings. The van der Waals surface area contributed by atoms with Crippen molar-refractivity contribution in [2.24, 2.45) is 0 Å². The normalized spacial score (nSPS) is 19.1. The molecule has 0 bridgehead atoms. The smallest absolute Gasteiger partial charge is 0.246 e. The van der Waals surface area contributed by atoms with E-state index in [4.69, 9.17) is 11.6 Å². The summed E-state index contributed by atoms with van der Waals surface area (Å²) in [5.41, 5.74) is 5.97. The third-order valence-corrected chi connectivity index (χ3v) is 7.30. The zero-order chi connectivity index (χ0) is 21.5. The van der Waals surface area contributed by atoms with E-state index < -0.39 is 0 Å². The Kier molecular flexibility index (Phi) is 5.49. The van der Waals surface area contributed by atoms with Crippen LogP contribution in [0.3, 0.4) is 0 Å². The Balaban J connectivity index is 1.26. The number of carbonyl (C=O) groups excluding carboxylic acids is 1. The molecule has 0 spiro atoms. The second kappa shape index (κ2) is 8.29. The summed E-state index contributed by atoms with van der Waals surface area (Å²) in [5.74, 6) is 0.870. The minimum Gasteiger partial charge on any atom is -0.508 e. The quantitative estimate of drug-likeness (QED) is 0.697. The second-order valence-corrected chi connectivity index (χ2v) is 9.40. The Morgan fingerprint density at radius 1 is 1.29 bits per heavy atom. The van der Waals surface area contributed by atoms with Crippen LogP contribution in [0.15, 0.2) is 37.1 Å². The van der Waals surface area contributed by atoms with E-state index in [0.29, 0.717) is 17.0 Å². The molecular formula is C25H28ClN3O2. The van der Waals surface area contributed by atoms with Crippen LogP contribution in [0.25, 0.3) is 0 Å². The lowest BCUT2D eigenvalue weighted by Crippen LogP contribution is -2.61. The first-order valence-electron chi connectivity index (χ1n) is 11.2. The zero-order valence-electron chi connectivity index (χ0n) is 17.7. The molecule has 5 rings (SSSR count). The van der Waals surface area contributed by atoms with Crippen molar-refractivity contribution in [2.75, 3.05) is 19.6 Å². The number of aromatic nitrogens is 1. The van der Waals surface area contributed by atoms with Crippen molar-refractivity contribution in [1.82, 2.24) is 14.8 Å². The molecule has 162 valence electrons. The zero-order valence-corrected chi connectivity index (χ0v) is 18.4. The summed E-state index contributed by atoms with van der Waals surface area (Å²) in [6, 6.07) is 6.36. The first-order chi connectivity index (χ1) is 15.0. The Morgan fingerprint density at radius 2 is 2.10 bits per heavy atom. The number of likely N-dealkylation sites (tertiary alicyclic amines) is 1. The minimum absolute atomic E-state index is 0.0236. The van der Waals surface area contributed by atoms with E-state index in [2.05, 4.69) is 28.6 Å². The van der Waals surface area contributed by atoms with Gasteiger partial charge in [-0.05, 0) is 78.5 Å². The summed E-state index contributed by atoms with van der Waals surface area (Å²) in [5, 5.41) is 11.1. The number of aromatic hydroxyl groups is 1. The van der Waals surface area contributed by atoms with E-state index in [1.54, 1.807) is 6.07 Å². The van der Waals surface area contributed by atoms with E-state index in [0.717, 1.165) is 56.7 Å². The van der Waals surface area contributed by atoms with E-state index in [9.17, 15) is 9.90 Å². The van der Waals surface area contributed by atoms with Crippen LogP contribution in [0.4, 0.5) is 0 Å². The molecule has 3 heterocycles. The highest BCUT2D eigenvalue weighted by atomic mass is 35.5. The molecule has 1 saturated heterocycles. The fourth-order valence-corrected chi connectivity index (χ4v) is 5.21. The number of aryl methyl sites for hydroxylation is 2. The molecule has 2 aromatic rings. The fraction of sp³-hybridized carbons (Fsp3) is 0.440. The molecule has 0 unspecified atom stereocenters. The lowest BCUT2D eigenvalue weighted by molar-refractivity contribution is -0.133. The Hall–Kier alpha value is -2.37. The number of nitrogens with zero attached hydrogens (tertiary/aromatic N) is 3. The summed E-state index contributed by atoms with van der Waals surface area (Å²) < 4.78 is 0. The first-order valence-corrected chi connectivity index (χ1v) is 11.5. The highest BCUT2D eigenvalue weighted by Crippen LogP contribution is 2.45. The van der Waals surface area contributed by atoms with Gasteiger partial charge in [0.05, 0.1) is 0 Å². The topological polar surface area (TPSA) is 56.7 Å². The van der Waals surface area contributed by atoms with Gasteiger partial charge < -0.3 is 10.0 Å². The highest BCUT2D eigenvalue weighted by Gasteiger charge is 2.35. The highest BCUT2D eigenvalue weighted by molar-refractivity contribution is 6.31. The maximum Gasteiger partial charge on any atom is 0.246 e. The van der Waals surface area contributed by atoms with Gasteiger partial charge in [0, 0.05) is 49.1 Å². The molecule has 0 radical (unpaired) electrons. The Labute approximate surface area is 188 Å². The van der Waals surface area contributed by atoms with Gasteiger partial charge in [-0.3, -0.25) is 14.7 Å². The van der Waals surface area contributed by atoms with Gasteiger partial charge in [0.25, 0.3) is 0 Å². The number of hydrogen-bond acceptors (Lipinski definition) is 4. The number of benzene rings is 1. The second-order valence-electron chi connectivity index (χ2n) is 8.99. The van der Waals surface area contributed by atoms with Gasteiger partial charge in [-0.25, -0.2) is 0 Å². The number of amides is 1. The SMILES string of the molecule is C=CC(=O)N1CC(N2CCc3c(ccnc3CCc3cc(C4CC4)c(Cl)cc3O)C2)C1. The van der Waals surface area contributed by atoms with Crippen LogP contribution in [-0.4, -0.2) is 51.5 Å². The van der Waals surface area contributed by atoms with Crippen molar-refractivity contribution in [2.45, 2.75) is 50.6 Å². The van der Waals surface area contributed by atoms with Crippen molar-refractivity contribution >= 4 is 17.5 Å². The van der Waals surface area contributed by atoms with Crippen molar-refractivity contribution in [3.05, 3.63) is 70.0 Å². The maximum absolute atomic E-state index is 11.7. The largest absolute Gasteiger partial charge is 0.508 e.